The fraction of sp³-hybridized carbons (Fsp3) is 0.241. The van der Waals surface area contributed by atoms with Crippen molar-refractivity contribution in [1.29, 1.82) is 0 Å². The van der Waals surface area contributed by atoms with E-state index in [9.17, 15) is 27.9 Å². The summed E-state index contributed by atoms with van der Waals surface area (Å²) in [6.07, 6.45) is -4.66. The van der Waals surface area contributed by atoms with Gasteiger partial charge in [-0.3, -0.25) is 14.5 Å². The summed E-state index contributed by atoms with van der Waals surface area (Å²) >= 11 is 0. The molecule has 0 saturated carbocycles. The molecule has 1 saturated heterocycles. The lowest BCUT2D eigenvalue weighted by Crippen LogP contribution is -2.29. The van der Waals surface area contributed by atoms with Crippen LogP contribution in [0.2, 0.25) is 0 Å². The van der Waals surface area contributed by atoms with Crippen LogP contribution >= 0.6 is 0 Å². The predicted molar refractivity (Wildman–Crippen MR) is 136 cm³/mol. The Hall–Kier alpha value is -4.27. The minimum atomic E-state index is -4.66. The Morgan fingerprint density at radius 2 is 1.66 bits per heavy atom. The number of benzene rings is 3. The first-order valence-corrected chi connectivity index (χ1v) is 11.9. The van der Waals surface area contributed by atoms with Crippen molar-refractivity contribution in [1.82, 2.24) is 0 Å². The summed E-state index contributed by atoms with van der Waals surface area (Å²) in [5, 5.41) is 11.3. The lowest BCUT2D eigenvalue weighted by Gasteiger charge is -2.26. The number of amides is 1. The molecule has 38 heavy (non-hydrogen) atoms. The first-order chi connectivity index (χ1) is 18.0. The SMILES string of the molecule is COc1cccc(C2/C(=C(\O)c3cccc(OCC(C)C)c3)C(=O)C(=O)N2c2cccc(C(F)(F)F)c2)c1. The number of hydrogen-bond acceptors (Lipinski definition) is 5. The van der Waals surface area contributed by atoms with Crippen LogP contribution in [0.25, 0.3) is 5.76 Å². The van der Waals surface area contributed by atoms with E-state index < -0.39 is 35.2 Å². The molecule has 4 rings (SSSR count). The molecule has 0 radical (unpaired) electrons. The molecule has 1 unspecified atom stereocenters. The molecule has 1 N–H and O–H groups in total. The predicted octanol–water partition coefficient (Wildman–Crippen LogP) is 6.38. The fourth-order valence-corrected chi connectivity index (χ4v) is 4.21. The van der Waals surface area contributed by atoms with Crippen LogP contribution in [0, 0.1) is 5.92 Å². The molecule has 198 valence electrons. The average Bonchev–Trinajstić information content (AvgIpc) is 3.17. The number of ketones is 1. The number of Topliss-reactive ketones (excluding diaryl/α,β-unsaturated/α-hetero) is 1. The van der Waals surface area contributed by atoms with Gasteiger partial charge in [0, 0.05) is 11.3 Å². The van der Waals surface area contributed by atoms with Crippen molar-refractivity contribution in [3.63, 3.8) is 0 Å². The zero-order chi connectivity index (χ0) is 27.6. The van der Waals surface area contributed by atoms with Crippen molar-refractivity contribution in [3.8, 4) is 11.5 Å². The number of anilines is 1. The molecule has 3 aromatic carbocycles. The van der Waals surface area contributed by atoms with Gasteiger partial charge in [-0.15, -0.1) is 0 Å². The molecule has 9 heteroatoms. The van der Waals surface area contributed by atoms with Gasteiger partial charge in [0.15, 0.2) is 0 Å². The summed E-state index contributed by atoms with van der Waals surface area (Å²) in [7, 11) is 1.44. The lowest BCUT2D eigenvalue weighted by atomic mass is 9.94. The number of alkyl halides is 3. The smallest absolute Gasteiger partial charge is 0.416 e. The molecular formula is C29H26F3NO5. The Bertz CT molecular complexity index is 1400. The van der Waals surface area contributed by atoms with E-state index in [2.05, 4.69) is 0 Å². The minimum Gasteiger partial charge on any atom is -0.507 e. The van der Waals surface area contributed by atoms with E-state index in [0.29, 0.717) is 23.7 Å². The maximum atomic E-state index is 13.5. The van der Waals surface area contributed by atoms with Crippen LogP contribution < -0.4 is 14.4 Å². The summed E-state index contributed by atoms with van der Waals surface area (Å²) in [6.45, 7) is 4.38. The number of halogens is 3. The van der Waals surface area contributed by atoms with E-state index in [4.69, 9.17) is 9.47 Å². The van der Waals surface area contributed by atoms with E-state index in [-0.39, 0.29) is 22.7 Å². The van der Waals surface area contributed by atoms with Crippen LogP contribution in [0.4, 0.5) is 18.9 Å². The second-order valence-corrected chi connectivity index (χ2v) is 9.23. The quantitative estimate of drug-likeness (QED) is 0.220. The summed E-state index contributed by atoms with van der Waals surface area (Å²) in [4.78, 5) is 27.6. The van der Waals surface area contributed by atoms with E-state index in [1.54, 1.807) is 42.5 Å². The molecule has 1 heterocycles. The zero-order valence-corrected chi connectivity index (χ0v) is 21.0. The van der Waals surface area contributed by atoms with Crippen molar-refractivity contribution in [2.24, 2.45) is 5.92 Å². The summed E-state index contributed by atoms with van der Waals surface area (Å²) < 4.78 is 51.4. The van der Waals surface area contributed by atoms with Gasteiger partial charge in [0.1, 0.15) is 17.3 Å². The first kappa shape index (κ1) is 26.8. The van der Waals surface area contributed by atoms with Crippen molar-refractivity contribution in [2.75, 3.05) is 18.6 Å². The van der Waals surface area contributed by atoms with Crippen molar-refractivity contribution in [2.45, 2.75) is 26.1 Å². The molecule has 3 aromatic rings. The highest BCUT2D eigenvalue weighted by molar-refractivity contribution is 6.51. The third-order valence-corrected chi connectivity index (χ3v) is 6.00. The average molecular weight is 526 g/mol. The second kappa shape index (κ2) is 10.6. The number of hydrogen-bond donors (Lipinski definition) is 1. The van der Waals surface area contributed by atoms with Gasteiger partial charge in [0.2, 0.25) is 0 Å². The molecule has 1 aliphatic rings. The topological polar surface area (TPSA) is 76.1 Å². The van der Waals surface area contributed by atoms with Gasteiger partial charge < -0.3 is 14.6 Å². The normalized spacial score (nSPS) is 17.2. The number of carbonyl (C=O) groups is 2. The Morgan fingerprint density at radius 3 is 2.34 bits per heavy atom. The van der Waals surface area contributed by atoms with Crippen LogP contribution in [-0.2, 0) is 15.8 Å². The van der Waals surface area contributed by atoms with Gasteiger partial charge in [0.25, 0.3) is 11.7 Å². The minimum absolute atomic E-state index is 0.136. The highest BCUT2D eigenvalue weighted by atomic mass is 19.4. The van der Waals surface area contributed by atoms with Gasteiger partial charge in [-0.05, 0) is 53.9 Å². The maximum Gasteiger partial charge on any atom is 0.416 e. The Kier molecular flexibility index (Phi) is 7.48. The highest BCUT2D eigenvalue weighted by Crippen LogP contribution is 2.44. The van der Waals surface area contributed by atoms with Gasteiger partial charge in [-0.2, -0.15) is 13.2 Å². The van der Waals surface area contributed by atoms with Crippen molar-refractivity contribution >= 4 is 23.1 Å². The highest BCUT2D eigenvalue weighted by Gasteiger charge is 2.47. The molecule has 0 spiro atoms. The molecule has 1 fully saturated rings. The lowest BCUT2D eigenvalue weighted by molar-refractivity contribution is -0.137. The Morgan fingerprint density at radius 1 is 0.974 bits per heavy atom. The first-order valence-electron chi connectivity index (χ1n) is 11.9. The number of rotatable bonds is 7. The van der Waals surface area contributed by atoms with E-state index in [0.717, 1.165) is 23.1 Å². The van der Waals surface area contributed by atoms with Crippen molar-refractivity contribution in [3.05, 3.63) is 95.1 Å². The molecule has 6 nitrogen and oxygen atoms in total. The standard InChI is InChI=1S/C29H26F3NO5/c1-17(2)16-38-23-12-5-8-19(14-23)26(34)24-25(18-7-4-11-22(13-18)37-3)33(28(36)27(24)35)21-10-6-9-20(15-21)29(30,31)32/h4-15,17,25,34H,16H2,1-3H3/b26-24+. The summed E-state index contributed by atoms with van der Waals surface area (Å²) in [5.41, 5.74) is -0.781. The second-order valence-electron chi connectivity index (χ2n) is 9.23. The number of aliphatic hydroxyl groups excluding tert-OH is 1. The van der Waals surface area contributed by atoms with E-state index >= 15 is 0 Å². The Labute approximate surface area is 217 Å². The number of carbonyl (C=O) groups excluding carboxylic acids is 2. The largest absolute Gasteiger partial charge is 0.507 e. The molecule has 1 amide bonds. The van der Waals surface area contributed by atoms with Crippen LogP contribution in [0.5, 0.6) is 11.5 Å². The summed E-state index contributed by atoms with van der Waals surface area (Å²) in [5.74, 6) is -1.46. The zero-order valence-electron chi connectivity index (χ0n) is 21.0. The number of aliphatic hydroxyl groups is 1. The molecule has 0 aliphatic carbocycles. The fourth-order valence-electron chi connectivity index (χ4n) is 4.21. The van der Waals surface area contributed by atoms with Gasteiger partial charge in [0.05, 0.1) is 30.9 Å². The van der Waals surface area contributed by atoms with Gasteiger partial charge in [-0.1, -0.05) is 44.2 Å². The van der Waals surface area contributed by atoms with Gasteiger partial charge >= 0.3 is 6.18 Å². The maximum absolute atomic E-state index is 13.5. The molecule has 0 bridgehead atoms. The molecule has 0 aromatic heterocycles. The van der Waals surface area contributed by atoms with Crippen molar-refractivity contribution < 1.29 is 37.3 Å². The summed E-state index contributed by atoms with van der Waals surface area (Å²) in [6, 6.07) is 15.8. The van der Waals surface area contributed by atoms with E-state index in [1.165, 1.54) is 19.2 Å². The number of methoxy groups -OCH3 is 1. The molecule has 1 aliphatic heterocycles. The number of ether oxygens (including phenoxy) is 2. The third-order valence-electron chi connectivity index (χ3n) is 6.00. The number of nitrogens with zero attached hydrogens (tertiary/aromatic N) is 1. The van der Waals surface area contributed by atoms with Gasteiger partial charge in [-0.25, -0.2) is 0 Å². The van der Waals surface area contributed by atoms with Crippen LogP contribution in [0.15, 0.2) is 78.4 Å². The van der Waals surface area contributed by atoms with Crippen LogP contribution in [0.3, 0.4) is 0 Å². The van der Waals surface area contributed by atoms with Crippen LogP contribution in [0.1, 0.15) is 36.6 Å². The molecular weight excluding hydrogens is 499 g/mol. The molecule has 1 atom stereocenters. The third kappa shape index (κ3) is 5.37. The van der Waals surface area contributed by atoms with E-state index in [1.807, 2.05) is 13.8 Å². The Balaban J connectivity index is 1.90. The monoisotopic (exact) mass is 525 g/mol. The van der Waals surface area contributed by atoms with Crippen LogP contribution in [-0.4, -0.2) is 30.5 Å².